The first-order valence-electron chi connectivity index (χ1n) is 10.1. The molecule has 4 aliphatic rings. The van der Waals surface area contributed by atoms with Crippen LogP contribution in [0.2, 0.25) is 17.3 Å². The average molecular weight is 445 g/mol. The third kappa shape index (κ3) is 3.94. The Bertz CT molecular complexity index is 670. The van der Waals surface area contributed by atoms with Gasteiger partial charge in [0.15, 0.2) is 0 Å². The zero-order valence-corrected chi connectivity index (χ0v) is 20.6. The van der Waals surface area contributed by atoms with Gasteiger partial charge in [-0.3, -0.25) is 0 Å². The molecular weight excluding hydrogens is 411 g/mol. The van der Waals surface area contributed by atoms with Crippen molar-refractivity contribution >= 4 is 31.0 Å². The van der Waals surface area contributed by atoms with Crippen molar-refractivity contribution in [3.8, 4) is 0 Å². The van der Waals surface area contributed by atoms with Gasteiger partial charge in [0.05, 0.1) is 0 Å². The van der Waals surface area contributed by atoms with Gasteiger partial charge in [-0.1, -0.05) is 0 Å². The van der Waals surface area contributed by atoms with Crippen LogP contribution < -0.4 is 0 Å². The minimum absolute atomic E-state index is 0. The van der Waals surface area contributed by atoms with Crippen LogP contribution in [-0.4, -0.2) is 6.19 Å². The Balaban J connectivity index is 0.00000121. The molecule has 144 valence electrons. The SMILES string of the molecule is CCC1=[C]([Ti]([CH]2C3C=CC=CC3C3CCCCC32)=[Si](C)C)CC=C1.Cl.Cl. The third-order valence-corrected chi connectivity index (χ3v) is 20.0. The Hall–Kier alpha value is 0.471. The third-order valence-electron chi connectivity index (χ3n) is 7.07. The van der Waals surface area contributed by atoms with E-state index in [1.54, 1.807) is 5.57 Å². The van der Waals surface area contributed by atoms with Crippen molar-refractivity contribution in [2.24, 2.45) is 23.7 Å². The molecule has 0 N–H and O–H groups in total. The molecule has 0 aromatic carbocycles. The molecule has 0 radical (unpaired) electrons. The number of hydrogen-bond acceptors (Lipinski definition) is 0. The van der Waals surface area contributed by atoms with Crippen molar-refractivity contribution in [3.63, 3.8) is 0 Å². The Morgan fingerprint density at radius 3 is 2.31 bits per heavy atom. The monoisotopic (exact) mass is 444 g/mol. The number of hydrogen-bond donors (Lipinski definition) is 0. The van der Waals surface area contributed by atoms with Crippen molar-refractivity contribution < 1.29 is 16.6 Å². The maximum absolute atomic E-state index is 2.66. The Morgan fingerprint density at radius 1 is 1.00 bits per heavy atom. The number of halogens is 2. The van der Waals surface area contributed by atoms with Crippen molar-refractivity contribution in [1.82, 2.24) is 0 Å². The molecule has 4 rings (SSSR count). The van der Waals surface area contributed by atoms with Gasteiger partial charge in [-0.05, 0) is 0 Å². The molecule has 4 heteroatoms. The summed E-state index contributed by atoms with van der Waals surface area (Å²) < 4.78 is 3.09. The fraction of sp³-hybridized carbons (Fsp3) is 0.636. The number of allylic oxidation sites excluding steroid dienone is 8. The molecule has 0 aliphatic heterocycles. The molecule has 0 heterocycles. The smallest absolute Gasteiger partial charge is 0.147 e. The van der Waals surface area contributed by atoms with Gasteiger partial charge in [0.2, 0.25) is 0 Å². The Kier molecular flexibility index (Phi) is 8.57. The van der Waals surface area contributed by atoms with Crippen LogP contribution in [0.3, 0.4) is 0 Å². The summed E-state index contributed by atoms with van der Waals surface area (Å²) in [5, 5.41) is 0. The summed E-state index contributed by atoms with van der Waals surface area (Å²) in [6, 6.07) is 0. The molecule has 26 heavy (non-hydrogen) atoms. The van der Waals surface area contributed by atoms with Gasteiger partial charge < -0.3 is 0 Å². The summed E-state index contributed by atoms with van der Waals surface area (Å²) in [6.07, 6.45) is 23.4. The molecule has 4 aliphatic carbocycles. The van der Waals surface area contributed by atoms with Crippen LogP contribution in [0.1, 0.15) is 45.4 Å². The summed E-state index contributed by atoms with van der Waals surface area (Å²) in [5.74, 6) is 3.85. The maximum atomic E-state index is 2.66. The summed E-state index contributed by atoms with van der Waals surface area (Å²) in [5.41, 5.74) is 1.75. The minimum atomic E-state index is -1.19. The summed E-state index contributed by atoms with van der Waals surface area (Å²) in [7, 11) is 0. The molecule has 0 aromatic rings. The first kappa shape index (κ1) is 22.8. The van der Waals surface area contributed by atoms with Gasteiger partial charge in [0, 0.05) is 0 Å². The van der Waals surface area contributed by atoms with E-state index < -0.39 is 16.6 Å². The van der Waals surface area contributed by atoms with E-state index in [0.717, 1.165) is 27.9 Å². The van der Waals surface area contributed by atoms with Crippen LogP contribution in [0.5, 0.6) is 0 Å². The molecule has 2 fully saturated rings. The van der Waals surface area contributed by atoms with Crippen LogP contribution >= 0.6 is 24.8 Å². The van der Waals surface area contributed by atoms with Gasteiger partial charge >= 0.3 is 155 Å². The summed E-state index contributed by atoms with van der Waals surface area (Å²) >= 11 is -1.19. The zero-order valence-electron chi connectivity index (χ0n) is 16.4. The summed E-state index contributed by atoms with van der Waals surface area (Å²) in [6.45, 7) is 7.70. The predicted molar refractivity (Wildman–Crippen MR) is 118 cm³/mol. The van der Waals surface area contributed by atoms with Crippen LogP contribution in [0.25, 0.3) is 0 Å². The largest absolute Gasteiger partial charge is 0.147 e. The second-order valence-corrected chi connectivity index (χ2v) is 20.6. The van der Waals surface area contributed by atoms with Gasteiger partial charge in [-0.2, -0.15) is 0 Å². The Labute approximate surface area is 179 Å². The number of fused-ring (bicyclic) bond motifs is 3. The van der Waals surface area contributed by atoms with Crippen LogP contribution in [0.4, 0.5) is 0 Å². The molecular formula is C22H34Cl2SiTi. The first-order chi connectivity index (χ1) is 11.7. The van der Waals surface area contributed by atoms with Gasteiger partial charge in [0.25, 0.3) is 0 Å². The van der Waals surface area contributed by atoms with Gasteiger partial charge in [-0.25, -0.2) is 0 Å². The van der Waals surface area contributed by atoms with E-state index in [9.17, 15) is 0 Å². The molecule has 0 spiro atoms. The zero-order chi connectivity index (χ0) is 16.7. The van der Waals surface area contributed by atoms with E-state index >= 15 is 0 Å². The molecule has 0 saturated heterocycles. The predicted octanol–water partition coefficient (Wildman–Crippen LogP) is 7.29. The second kappa shape index (κ2) is 9.79. The van der Waals surface area contributed by atoms with E-state index in [2.05, 4.69) is 56.5 Å². The van der Waals surface area contributed by atoms with E-state index in [1.807, 2.05) is 3.88 Å². The van der Waals surface area contributed by atoms with Crippen LogP contribution in [-0.2, 0) is 16.6 Å². The van der Waals surface area contributed by atoms with Crippen molar-refractivity contribution in [1.29, 1.82) is 0 Å². The van der Waals surface area contributed by atoms with Crippen molar-refractivity contribution in [2.45, 2.75) is 62.8 Å². The van der Waals surface area contributed by atoms with Gasteiger partial charge in [0.1, 0.15) is 0 Å². The molecule has 2 saturated carbocycles. The van der Waals surface area contributed by atoms with Crippen LogP contribution in [0.15, 0.2) is 45.9 Å². The van der Waals surface area contributed by atoms with E-state index in [0.29, 0.717) is 0 Å². The number of rotatable bonds is 3. The fourth-order valence-electron chi connectivity index (χ4n) is 6.23. The fourth-order valence-corrected chi connectivity index (χ4v) is 20.8. The topological polar surface area (TPSA) is 0 Å². The molecule has 0 bridgehead atoms. The van der Waals surface area contributed by atoms with E-state index in [4.69, 9.17) is 0 Å². The van der Waals surface area contributed by atoms with E-state index in [1.165, 1.54) is 38.5 Å². The van der Waals surface area contributed by atoms with E-state index in [-0.39, 0.29) is 31.0 Å². The second-order valence-electron chi connectivity index (χ2n) is 8.44. The normalized spacial score (nSPS) is 34.0. The Morgan fingerprint density at radius 2 is 1.65 bits per heavy atom. The minimum Gasteiger partial charge on any atom is -0.147 e. The standard InChI is InChI=1S/C13H17.C7H9.C2H6Si.2ClH.Ti/c1-3-7-12-10(5-1)9-11-6-2-4-8-13(11)12;1-2-7-5-3-4-6-7;1-3-2;;;/h1,3,5,7,9-13H,2,4,6,8H2;3,5H,2,4H2,1H3;1-2H3;2*1H;. The molecule has 0 amide bonds. The molecule has 0 nitrogen and oxygen atoms in total. The average Bonchev–Trinajstić information content (AvgIpc) is 3.19. The molecule has 5 unspecified atom stereocenters. The summed E-state index contributed by atoms with van der Waals surface area (Å²) in [4.78, 5) is 0. The maximum Gasteiger partial charge on any atom is -0.147 e. The van der Waals surface area contributed by atoms with Gasteiger partial charge in [-0.15, -0.1) is 24.8 Å². The van der Waals surface area contributed by atoms with Crippen molar-refractivity contribution in [3.05, 3.63) is 45.9 Å². The first-order valence-corrected chi connectivity index (χ1v) is 16.7. The van der Waals surface area contributed by atoms with Crippen molar-refractivity contribution in [2.75, 3.05) is 0 Å². The van der Waals surface area contributed by atoms with Crippen LogP contribution in [0, 0.1) is 23.7 Å². The molecule has 0 aromatic heterocycles. The molecule has 5 atom stereocenters. The quantitative estimate of drug-likeness (QED) is 0.400.